The highest BCUT2D eigenvalue weighted by molar-refractivity contribution is 5.74. The van der Waals surface area contributed by atoms with Crippen LogP contribution in [0.5, 0.6) is 5.88 Å². The summed E-state index contributed by atoms with van der Waals surface area (Å²) in [6.45, 7) is 0. The summed E-state index contributed by atoms with van der Waals surface area (Å²) in [5.74, 6) is -6.08. The van der Waals surface area contributed by atoms with Crippen molar-refractivity contribution in [3.05, 3.63) is 35.6 Å². The van der Waals surface area contributed by atoms with Crippen LogP contribution in [-0.4, -0.2) is 17.1 Å². The Morgan fingerprint density at radius 1 is 1.28 bits per heavy atom. The molecule has 96 valence electrons. The zero-order valence-corrected chi connectivity index (χ0v) is 8.58. The van der Waals surface area contributed by atoms with Crippen molar-refractivity contribution < 1.29 is 26.7 Å². The number of aliphatic imine (C=N–C) groups is 1. The maximum Gasteiger partial charge on any atom is 0.341 e. The third-order valence-electron chi connectivity index (χ3n) is 2.07. The van der Waals surface area contributed by atoms with Gasteiger partial charge in [0.25, 0.3) is 6.43 Å². The van der Waals surface area contributed by atoms with E-state index in [1.54, 1.807) is 0 Å². The molecule has 0 bridgehead atoms. The molecule has 8 heteroatoms. The molecule has 0 aliphatic carbocycles. The summed E-state index contributed by atoms with van der Waals surface area (Å²) in [6.07, 6.45) is -1.55. The minimum Gasteiger partial charge on any atom is -0.435 e. The first-order valence-corrected chi connectivity index (χ1v) is 4.64. The summed E-state index contributed by atoms with van der Waals surface area (Å²) >= 11 is 0. The van der Waals surface area contributed by atoms with Crippen LogP contribution in [-0.2, 0) is 0 Å². The molecule has 0 N–H and O–H groups in total. The zero-order valence-electron chi connectivity index (χ0n) is 8.58. The van der Waals surface area contributed by atoms with Crippen LogP contribution in [0, 0.1) is 5.82 Å². The molecule has 0 spiro atoms. The normalized spacial score (nSPS) is 17.1. The molecule has 1 aromatic rings. The van der Waals surface area contributed by atoms with Gasteiger partial charge < -0.3 is 4.74 Å². The molecule has 2 rings (SSSR count). The first kappa shape index (κ1) is 12.5. The van der Waals surface area contributed by atoms with Gasteiger partial charge in [-0.15, -0.1) is 0 Å². The van der Waals surface area contributed by atoms with Crippen LogP contribution >= 0.6 is 0 Å². The largest absolute Gasteiger partial charge is 0.435 e. The fourth-order valence-electron chi connectivity index (χ4n) is 1.21. The van der Waals surface area contributed by atoms with Crippen LogP contribution in [0.15, 0.2) is 29.2 Å². The Bertz CT molecular complexity index is 527. The quantitative estimate of drug-likeness (QED) is 0.786. The summed E-state index contributed by atoms with van der Waals surface area (Å²) in [4.78, 5) is 6.47. The van der Waals surface area contributed by atoms with Crippen molar-refractivity contribution in [3.8, 4) is 5.88 Å². The Kier molecular flexibility index (Phi) is 3.02. The minimum absolute atomic E-state index is 0.333. The van der Waals surface area contributed by atoms with E-state index in [0.717, 1.165) is 6.20 Å². The van der Waals surface area contributed by atoms with Gasteiger partial charge in [-0.3, -0.25) is 4.99 Å². The van der Waals surface area contributed by atoms with Gasteiger partial charge in [0.1, 0.15) is 0 Å². The fourth-order valence-corrected chi connectivity index (χ4v) is 1.21. The lowest BCUT2D eigenvalue weighted by atomic mass is 10.2. The predicted molar refractivity (Wildman–Crippen MR) is 51.3 cm³/mol. The van der Waals surface area contributed by atoms with Gasteiger partial charge in [0, 0.05) is 6.07 Å². The van der Waals surface area contributed by atoms with Crippen molar-refractivity contribution in [1.82, 2.24) is 4.98 Å². The van der Waals surface area contributed by atoms with Crippen molar-refractivity contribution in [2.45, 2.75) is 12.3 Å². The van der Waals surface area contributed by atoms with Gasteiger partial charge in [-0.05, 0) is 0 Å². The van der Waals surface area contributed by atoms with Crippen LogP contribution in [0.3, 0.4) is 0 Å². The van der Waals surface area contributed by atoms with Gasteiger partial charge >= 0.3 is 5.92 Å². The first-order valence-electron chi connectivity index (χ1n) is 4.64. The lowest BCUT2D eigenvalue weighted by Gasteiger charge is -2.12. The number of allylic oxidation sites excluding steroid dienone is 1. The van der Waals surface area contributed by atoms with Crippen molar-refractivity contribution in [2.24, 2.45) is 4.99 Å². The van der Waals surface area contributed by atoms with E-state index in [1.165, 1.54) is 0 Å². The Morgan fingerprint density at radius 3 is 2.56 bits per heavy atom. The van der Waals surface area contributed by atoms with E-state index in [1.807, 2.05) is 0 Å². The summed E-state index contributed by atoms with van der Waals surface area (Å²) in [7, 11) is 0. The Labute approximate surface area is 97.6 Å². The van der Waals surface area contributed by atoms with E-state index in [4.69, 9.17) is 0 Å². The van der Waals surface area contributed by atoms with Gasteiger partial charge in [0.15, 0.2) is 11.6 Å². The molecule has 0 radical (unpaired) electrons. The van der Waals surface area contributed by atoms with Crippen molar-refractivity contribution in [3.63, 3.8) is 0 Å². The second kappa shape index (κ2) is 4.35. The average Bonchev–Trinajstić information content (AvgIpc) is 2.60. The number of alkyl halides is 4. The van der Waals surface area contributed by atoms with E-state index in [-0.39, 0.29) is 0 Å². The van der Waals surface area contributed by atoms with Crippen molar-refractivity contribution in [1.29, 1.82) is 0 Å². The lowest BCUT2D eigenvalue weighted by molar-refractivity contribution is 0.0825. The van der Waals surface area contributed by atoms with Crippen LogP contribution < -0.4 is 4.74 Å². The zero-order chi connectivity index (χ0) is 13.3. The SMILES string of the molecule is Fc1cnc(OC2=CN=CC2(F)F)cc1C(F)F. The molecular formula is C10H5F5N2O. The van der Waals surface area contributed by atoms with Crippen LogP contribution in [0.25, 0.3) is 0 Å². The Hall–Kier alpha value is -1.99. The number of halogens is 5. The third kappa shape index (κ3) is 2.31. The van der Waals surface area contributed by atoms with Gasteiger partial charge in [-0.25, -0.2) is 18.2 Å². The van der Waals surface area contributed by atoms with E-state index < -0.39 is 35.4 Å². The lowest BCUT2D eigenvalue weighted by Crippen LogP contribution is -2.22. The highest BCUT2D eigenvalue weighted by Gasteiger charge is 2.38. The second-order valence-electron chi connectivity index (χ2n) is 3.34. The Morgan fingerprint density at radius 2 is 2.00 bits per heavy atom. The van der Waals surface area contributed by atoms with Crippen LogP contribution in [0.4, 0.5) is 22.0 Å². The molecule has 1 aliphatic rings. The molecule has 0 atom stereocenters. The molecule has 2 heterocycles. The third-order valence-corrected chi connectivity index (χ3v) is 2.07. The maximum atomic E-state index is 13.0. The van der Waals surface area contributed by atoms with Crippen LogP contribution in [0.1, 0.15) is 12.0 Å². The van der Waals surface area contributed by atoms with Crippen molar-refractivity contribution >= 4 is 6.21 Å². The second-order valence-corrected chi connectivity index (χ2v) is 3.34. The van der Waals surface area contributed by atoms with E-state index in [2.05, 4.69) is 14.7 Å². The topological polar surface area (TPSA) is 34.5 Å². The average molecular weight is 264 g/mol. The molecule has 0 saturated heterocycles. The standard InChI is InChI=1S/C10H5F5N2O/c11-6-2-17-8(1-5(6)9(12)13)18-7-3-16-4-10(7,14)15/h1-4,9H. The van der Waals surface area contributed by atoms with Gasteiger partial charge in [0.05, 0.1) is 24.2 Å². The van der Waals surface area contributed by atoms with Crippen LogP contribution in [0.2, 0.25) is 0 Å². The number of pyridine rings is 1. The molecule has 0 unspecified atom stereocenters. The summed E-state index contributed by atoms with van der Waals surface area (Å²) < 4.78 is 68.3. The molecule has 18 heavy (non-hydrogen) atoms. The predicted octanol–water partition coefficient (Wildman–Crippen LogP) is 3.10. The number of rotatable bonds is 3. The number of aromatic nitrogens is 1. The molecular weight excluding hydrogens is 259 g/mol. The molecule has 3 nitrogen and oxygen atoms in total. The fraction of sp³-hybridized carbons (Fsp3) is 0.200. The first-order chi connectivity index (χ1) is 8.40. The molecule has 0 saturated carbocycles. The highest BCUT2D eigenvalue weighted by Crippen LogP contribution is 2.30. The van der Waals surface area contributed by atoms with Crippen molar-refractivity contribution in [2.75, 3.05) is 0 Å². The number of nitrogens with zero attached hydrogens (tertiary/aromatic N) is 2. The minimum atomic E-state index is -3.43. The molecule has 0 amide bonds. The molecule has 0 aromatic carbocycles. The van der Waals surface area contributed by atoms with E-state index >= 15 is 0 Å². The van der Waals surface area contributed by atoms with E-state index in [0.29, 0.717) is 18.5 Å². The maximum absolute atomic E-state index is 13.0. The molecule has 1 aliphatic heterocycles. The van der Waals surface area contributed by atoms with E-state index in [9.17, 15) is 22.0 Å². The number of ether oxygens (including phenoxy) is 1. The highest BCUT2D eigenvalue weighted by atomic mass is 19.3. The number of hydrogen-bond acceptors (Lipinski definition) is 3. The molecule has 0 fully saturated rings. The number of hydrogen-bond donors (Lipinski definition) is 0. The van der Waals surface area contributed by atoms with Gasteiger partial charge in [0.2, 0.25) is 5.88 Å². The Balaban J connectivity index is 2.24. The molecule has 1 aromatic heterocycles. The monoisotopic (exact) mass is 264 g/mol. The van der Waals surface area contributed by atoms with Gasteiger partial charge in [-0.2, -0.15) is 8.78 Å². The van der Waals surface area contributed by atoms with Gasteiger partial charge in [-0.1, -0.05) is 0 Å². The summed E-state index contributed by atoms with van der Waals surface area (Å²) in [6, 6.07) is 0.565. The summed E-state index contributed by atoms with van der Waals surface area (Å²) in [5.41, 5.74) is -0.970. The smallest absolute Gasteiger partial charge is 0.341 e. The summed E-state index contributed by atoms with van der Waals surface area (Å²) in [5, 5.41) is 0.